The van der Waals surface area contributed by atoms with E-state index in [-0.39, 0.29) is 26.9 Å². The highest BCUT2D eigenvalue weighted by molar-refractivity contribution is 14.1. The van der Waals surface area contributed by atoms with Gasteiger partial charge in [0.1, 0.15) is 0 Å². The van der Waals surface area contributed by atoms with E-state index < -0.39 is 0 Å². The van der Waals surface area contributed by atoms with Crippen LogP contribution in [-0.2, 0) is 9.59 Å². The number of ketones is 2. The summed E-state index contributed by atoms with van der Waals surface area (Å²) in [6, 6.07) is 0. The van der Waals surface area contributed by atoms with Gasteiger partial charge in [0.2, 0.25) is 5.78 Å². The smallest absolute Gasteiger partial charge is 0.224 e. The van der Waals surface area contributed by atoms with Gasteiger partial charge in [-0.1, -0.05) is 29.5 Å². The first-order valence-corrected chi connectivity index (χ1v) is 8.68. The van der Waals surface area contributed by atoms with Crippen LogP contribution in [0.1, 0.15) is 13.3 Å². The molecule has 0 spiro atoms. The van der Waals surface area contributed by atoms with Crippen LogP contribution in [0, 0.1) is 0 Å². The normalized spacial score (nSPS) is 20.7. The Kier molecular flexibility index (Phi) is 5.07. The number of nitrogens with two attached hydrogens (primary N) is 2. The number of Topliss-reactive ketones (excluding diaryl/α,β-unsaturated/α-hetero) is 2. The van der Waals surface area contributed by atoms with Gasteiger partial charge in [-0.05, 0) is 64.5 Å². The summed E-state index contributed by atoms with van der Waals surface area (Å²) in [5.41, 5.74) is 14.0. The molecule has 0 heterocycles. The van der Waals surface area contributed by atoms with Gasteiger partial charge in [0.15, 0.2) is 5.78 Å². The number of alkyl halides is 1. The fraction of sp³-hybridized carbons (Fsp3) is 0.200. The lowest BCUT2D eigenvalue weighted by molar-refractivity contribution is -0.112. The third-order valence-electron chi connectivity index (χ3n) is 3.25. The SMILES string of the molecule is CCC(I)C1=CC(=C2C=C(N)C(=O)C(N)=C2)C=C(I)C1=O. The molecule has 0 fully saturated rings. The molecule has 0 saturated heterocycles. The lowest BCUT2D eigenvalue weighted by Gasteiger charge is -2.18. The minimum Gasteiger partial charge on any atom is -0.395 e. The summed E-state index contributed by atoms with van der Waals surface area (Å²) in [7, 11) is 0. The van der Waals surface area contributed by atoms with Crippen LogP contribution >= 0.6 is 45.2 Å². The van der Waals surface area contributed by atoms with Gasteiger partial charge < -0.3 is 11.5 Å². The van der Waals surface area contributed by atoms with Crippen molar-refractivity contribution >= 4 is 56.7 Å². The fourth-order valence-electron chi connectivity index (χ4n) is 2.08. The van der Waals surface area contributed by atoms with Crippen LogP contribution in [0.15, 0.2) is 56.0 Å². The van der Waals surface area contributed by atoms with E-state index >= 15 is 0 Å². The molecule has 21 heavy (non-hydrogen) atoms. The number of allylic oxidation sites excluding steroid dienone is 8. The predicted molar refractivity (Wildman–Crippen MR) is 99.9 cm³/mol. The van der Waals surface area contributed by atoms with Gasteiger partial charge in [0.05, 0.1) is 15.0 Å². The van der Waals surface area contributed by atoms with Gasteiger partial charge in [-0.15, -0.1) is 0 Å². The Labute approximate surface area is 150 Å². The van der Waals surface area contributed by atoms with E-state index in [1.54, 1.807) is 18.2 Å². The van der Waals surface area contributed by atoms with Gasteiger partial charge in [0, 0.05) is 9.50 Å². The Morgan fingerprint density at radius 2 is 1.52 bits per heavy atom. The van der Waals surface area contributed by atoms with Crippen molar-refractivity contribution in [2.45, 2.75) is 17.3 Å². The van der Waals surface area contributed by atoms with Crippen molar-refractivity contribution in [2.75, 3.05) is 0 Å². The molecular formula is C15H14I2N2O2. The number of carbonyl (C=O) groups excluding carboxylic acids is 2. The monoisotopic (exact) mass is 508 g/mol. The van der Waals surface area contributed by atoms with Crippen LogP contribution in [0.25, 0.3) is 0 Å². The van der Waals surface area contributed by atoms with E-state index in [4.69, 9.17) is 11.5 Å². The molecule has 2 aliphatic carbocycles. The molecule has 2 aliphatic rings. The van der Waals surface area contributed by atoms with Gasteiger partial charge >= 0.3 is 0 Å². The van der Waals surface area contributed by atoms with Crippen molar-refractivity contribution in [3.63, 3.8) is 0 Å². The largest absolute Gasteiger partial charge is 0.395 e. The quantitative estimate of drug-likeness (QED) is 0.444. The summed E-state index contributed by atoms with van der Waals surface area (Å²) in [6.45, 7) is 2.04. The third-order valence-corrected chi connectivity index (χ3v) is 5.60. The highest BCUT2D eigenvalue weighted by atomic mass is 127. The second kappa shape index (κ2) is 6.47. The molecule has 0 aromatic heterocycles. The Balaban J connectivity index is 2.58. The minimum atomic E-state index is -0.352. The van der Waals surface area contributed by atoms with Crippen LogP contribution in [0.3, 0.4) is 0 Å². The molecule has 1 atom stereocenters. The molecule has 0 amide bonds. The van der Waals surface area contributed by atoms with Gasteiger partial charge in [-0.25, -0.2) is 0 Å². The molecule has 0 radical (unpaired) electrons. The maximum Gasteiger partial charge on any atom is 0.224 e. The summed E-state index contributed by atoms with van der Waals surface area (Å²) in [4.78, 5) is 23.8. The molecule has 4 N–H and O–H groups in total. The molecule has 0 saturated carbocycles. The molecule has 2 rings (SSSR count). The van der Waals surface area contributed by atoms with Crippen molar-refractivity contribution in [3.05, 3.63) is 56.0 Å². The Morgan fingerprint density at radius 1 is 1.00 bits per heavy atom. The average Bonchev–Trinajstić information content (AvgIpc) is 2.46. The minimum absolute atomic E-state index is 0.0574. The number of carbonyl (C=O) groups is 2. The summed E-state index contributed by atoms with van der Waals surface area (Å²) in [5, 5.41) is 0. The fourth-order valence-corrected chi connectivity index (χ4v) is 3.18. The van der Waals surface area contributed by atoms with Gasteiger partial charge in [-0.2, -0.15) is 0 Å². The molecule has 110 valence electrons. The zero-order chi connectivity index (χ0) is 15.7. The van der Waals surface area contributed by atoms with E-state index in [0.717, 1.165) is 23.1 Å². The zero-order valence-electron chi connectivity index (χ0n) is 11.3. The molecule has 0 bridgehead atoms. The van der Waals surface area contributed by atoms with E-state index in [2.05, 4.69) is 22.6 Å². The Morgan fingerprint density at radius 3 is 2.05 bits per heavy atom. The van der Waals surface area contributed by atoms with Crippen molar-refractivity contribution in [2.24, 2.45) is 11.5 Å². The second-order valence-corrected chi connectivity index (χ2v) is 7.40. The molecule has 0 aromatic rings. The van der Waals surface area contributed by atoms with Gasteiger partial charge in [-0.3, -0.25) is 9.59 Å². The molecule has 6 heteroatoms. The molecule has 0 aromatic carbocycles. The number of rotatable bonds is 2. The molecular weight excluding hydrogens is 494 g/mol. The summed E-state index contributed by atoms with van der Waals surface area (Å²) in [5.74, 6) is -0.295. The predicted octanol–water partition coefficient (Wildman–Crippen LogP) is 2.59. The number of hydrogen-bond acceptors (Lipinski definition) is 4. The molecule has 1 unspecified atom stereocenters. The first kappa shape index (κ1) is 16.5. The lowest BCUT2D eigenvalue weighted by Crippen LogP contribution is -2.22. The van der Waals surface area contributed by atoms with Crippen LogP contribution in [0.5, 0.6) is 0 Å². The van der Waals surface area contributed by atoms with E-state index in [1.807, 2.05) is 35.6 Å². The maximum absolute atomic E-state index is 12.2. The van der Waals surface area contributed by atoms with Crippen LogP contribution in [0.4, 0.5) is 0 Å². The summed E-state index contributed by atoms with van der Waals surface area (Å²) >= 11 is 4.30. The summed E-state index contributed by atoms with van der Waals surface area (Å²) in [6.07, 6.45) is 7.74. The highest BCUT2D eigenvalue weighted by Crippen LogP contribution is 2.32. The first-order valence-electron chi connectivity index (χ1n) is 6.36. The maximum atomic E-state index is 12.2. The number of hydrogen-bond donors (Lipinski definition) is 2. The van der Waals surface area contributed by atoms with Crippen molar-refractivity contribution in [3.8, 4) is 0 Å². The third kappa shape index (κ3) is 3.31. The van der Waals surface area contributed by atoms with Crippen molar-refractivity contribution < 1.29 is 9.59 Å². The number of halogens is 2. The Bertz CT molecular complexity index is 658. The second-order valence-electron chi connectivity index (χ2n) is 4.74. The molecule has 4 nitrogen and oxygen atoms in total. The highest BCUT2D eigenvalue weighted by Gasteiger charge is 2.25. The lowest BCUT2D eigenvalue weighted by atomic mass is 9.91. The Hall–Kier alpha value is -0.900. The standard InChI is InChI=1S/C15H14I2N2O2/c1-2-10(16)9-3-7(4-11(17)14(9)20)8-5-12(18)15(21)13(19)6-8/h3-6,10H,2,18-19H2,1H3. The van der Waals surface area contributed by atoms with Crippen molar-refractivity contribution in [1.82, 2.24) is 0 Å². The average molecular weight is 508 g/mol. The van der Waals surface area contributed by atoms with Crippen LogP contribution in [-0.4, -0.2) is 15.5 Å². The summed E-state index contributed by atoms with van der Waals surface area (Å²) < 4.78 is 0.801. The topological polar surface area (TPSA) is 86.2 Å². The van der Waals surface area contributed by atoms with E-state index in [9.17, 15) is 9.59 Å². The zero-order valence-corrected chi connectivity index (χ0v) is 15.6. The van der Waals surface area contributed by atoms with Crippen molar-refractivity contribution in [1.29, 1.82) is 0 Å². The van der Waals surface area contributed by atoms with Gasteiger partial charge in [0.25, 0.3) is 0 Å². The van der Waals surface area contributed by atoms with E-state index in [0.29, 0.717) is 3.58 Å². The van der Waals surface area contributed by atoms with Crippen LogP contribution < -0.4 is 11.5 Å². The molecule has 0 aliphatic heterocycles. The van der Waals surface area contributed by atoms with E-state index in [1.165, 1.54) is 0 Å². The first-order chi connectivity index (χ1) is 9.85. The van der Waals surface area contributed by atoms with Crippen LogP contribution in [0.2, 0.25) is 0 Å².